The van der Waals surface area contributed by atoms with E-state index in [0.717, 1.165) is 18.1 Å². The van der Waals surface area contributed by atoms with Gasteiger partial charge in [-0.25, -0.2) is 0 Å². The van der Waals surface area contributed by atoms with Gasteiger partial charge < -0.3 is 5.32 Å². The van der Waals surface area contributed by atoms with E-state index >= 15 is 0 Å². The molecule has 2 heterocycles. The van der Waals surface area contributed by atoms with Gasteiger partial charge in [0.25, 0.3) is 0 Å². The van der Waals surface area contributed by atoms with Crippen molar-refractivity contribution in [1.29, 1.82) is 0 Å². The second-order valence-electron chi connectivity index (χ2n) is 8.25. The first-order chi connectivity index (χ1) is 9.49. The van der Waals surface area contributed by atoms with Crippen LogP contribution < -0.4 is 5.32 Å². The maximum Gasteiger partial charge on any atom is 0.0244 e. The zero-order valence-electron chi connectivity index (χ0n) is 13.9. The van der Waals surface area contributed by atoms with Crippen LogP contribution in [0.1, 0.15) is 53.4 Å². The number of nitrogens with one attached hydrogen (secondary N) is 1. The molecule has 0 aromatic rings. The predicted octanol–water partition coefficient (Wildman–Crippen LogP) is 2.32. The zero-order chi connectivity index (χ0) is 14.3. The molecule has 3 fully saturated rings. The van der Waals surface area contributed by atoms with Gasteiger partial charge in [-0.3, -0.25) is 9.80 Å². The Kier molecular flexibility index (Phi) is 4.13. The molecule has 3 atom stereocenters. The number of likely N-dealkylation sites (tertiary alicyclic amines) is 1. The number of nitrogens with zero attached hydrogens (tertiary/aromatic N) is 2. The summed E-state index contributed by atoms with van der Waals surface area (Å²) in [6.45, 7) is 14.6. The molecule has 0 radical (unpaired) electrons. The highest BCUT2D eigenvalue weighted by Crippen LogP contribution is 2.33. The zero-order valence-corrected chi connectivity index (χ0v) is 13.9. The second kappa shape index (κ2) is 5.58. The van der Waals surface area contributed by atoms with Gasteiger partial charge in [-0.2, -0.15) is 0 Å². The summed E-state index contributed by atoms with van der Waals surface area (Å²) >= 11 is 0. The van der Waals surface area contributed by atoms with Gasteiger partial charge in [-0.05, 0) is 31.1 Å². The van der Waals surface area contributed by atoms with Crippen molar-refractivity contribution in [2.24, 2.45) is 5.41 Å². The van der Waals surface area contributed by atoms with Gasteiger partial charge in [-0.15, -0.1) is 0 Å². The van der Waals surface area contributed by atoms with E-state index in [1.165, 1.54) is 51.9 Å². The molecule has 0 spiro atoms. The fourth-order valence-electron chi connectivity index (χ4n) is 4.04. The number of piperazine rings is 1. The van der Waals surface area contributed by atoms with E-state index in [9.17, 15) is 0 Å². The molecular weight excluding hydrogens is 246 g/mol. The normalized spacial score (nSPS) is 37.5. The van der Waals surface area contributed by atoms with Gasteiger partial charge in [-0.1, -0.05) is 27.7 Å². The molecule has 3 heteroatoms. The van der Waals surface area contributed by atoms with Crippen LogP contribution in [0.15, 0.2) is 0 Å². The van der Waals surface area contributed by atoms with Crippen molar-refractivity contribution in [3.63, 3.8) is 0 Å². The highest BCUT2D eigenvalue weighted by molar-refractivity contribution is 4.98. The number of hydrogen-bond donors (Lipinski definition) is 1. The summed E-state index contributed by atoms with van der Waals surface area (Å²) in [6.07, 6.45) is 5.58. The van der Waals surface area contributed by atoms with Gasteiger partial charge in [0.05, 0.1) is 0 Å². The summed E-state index contributed by atoms with van der Waals surface area (Å²) in [5.74, 6) is 0. The van der Waals surface area contributed by atoms with Crippen LogP contribution in [0.25, 0.3) is 0 Å². The van der Waals surface area contributed by atoms with Gasteiger partial charge in [0.2, 0.25) is 0 Å². The lowest BCUT2D eigenvalue weighted by Gasteiger charge is -2.47. The molecule has 3 nitrogen and oxygen atoms in total. The van der Waals surface area contributed by atoms with Crippen LogP contribution in [0.3, 0.4) is 0 Å². The Balaban J connectivity index is 1.64. The van der Waals surface area contributed by atoms with Gasteiger partial charge in [0.15, 0.2) is 0 Å². The molecule has 0 aromatic heterocycles. The smallest absolute Gasteiger partial charge is 0.0244 e. The first-order valence-corrected chi connectivity index (χ1v) is 8.72. The molecule has 0 bridgehead atoms. The van der Waals surface area contributed by atoms with Crippen LogP contribution >= 0.6 is 0 Å². The highest BCUT2D eigenvalue weighted by Gasteiger charge is 2.41. The van der Waals surface area contributed by atoms with Crippen LogP contribution in [0, 0.1) is 5.41 Å². The molecule has 3 aliphatic rings. The lowest BCUT2D eigenvalue weighted by molar-refractivity contribution is 0.0497. The Morgan fingerprint density at radius 2 is 1.80 bits per heavy atom. The van der Waals surface area contributed by atoms with Crippen molar-refractivity contribution in [3.8, 4) is 0 Å². The molecule has 116 valence electrons. The fourth-order valence-corrected chi connectivity index (χ4v) is 4.04. The molecule has 1 saturated carbocycles. The van der Waals surface area contributed by atoms with Crippen molar-refractivity contribution in [3.05, 3.63) is 0 Å². The third-order valence-corrected chi connectivity index (χ3v) is 5.71. The first kappa shape index (κ1) is 14.8. The van der Waals surface area contributed by atoms with Crippen molar-refractivity contribution >= 4 is 0 Å². The van der Waals surface area contributed by atoms with E-state index in [1.54, 1.807) is 0 Å². The first-order valence-electron chi connectivity index (χ1n) is 8.72. The molecule has 3 unspecified atom stereocenters. The summed E-state index contributed by atoms with van der Waals surface area (Å²) in [7, 11) is 0. The van der Waals surface area contributed by atoms with Crippen LogP contribution in [0.2, 0.25) is 0 Å². The fraction of sp³-hybridized carbons (Fsp3) is 1.00. The summed E-state index contributed by atoms with van der Waals surface area (Å²) in [5.41, 5.74) is 0.367. The van der Waals surface area contributed by atoms with Crippen LogP contribution in [0.5, 0.6) is 0 Å². The van der Waals surface area contributed by atoms with E-state index in [4.69, 9.17) is 0 Å². The van der Waals surface area contributed by atoms with Gasteiger partial charge in [0.1, 0.15) is 0 Å². The molecule has 0 aromatic carbocycles. The van der Waals surface area contributed by atoms with Crippen molar-refractivity contribution in [2.75, 3.05) is 26.2 Å². The minimum Gasteiger partial charge on any atom is -0.311 e. The molecule has 2 saturated heterocycles. The molecule has 2 aliphatic heterocycles. The second-order valence-corrected chi connectivity index (χ2v) is 8.25. The van der Waals surface area contributed by atoms with Gasteiger partial charge in [0, 0.05) is 50.3 Å². The maximum absolute atomic E-state index is 3.80. The monoisotopic (exact) mass is 279 g/mol. The summed E-state index contributed by atoms with van der Waals surface area (Å²) in [6, 6.07) is 3.15. The highest BCUT2D eigenvalue weighted by atomic mass is 15.3. The molecule has 3 rings (SSSR count). The Labute approximate surface area is 125 Å². The average molecular weight is 279 g/mol. The Morgan fingerprint density at radius 1 is 1.05 bits per heavy atom. The van der Waals surface area contributed by atoms with E-state index < -0.39 is 0 Å². The van der Waals surface area contributed by atoms with E-state index in [-0.39, 0.29) is 0 Å². The minimum absolute atomic E-state index is 0.367. The lowest BCUT2D eigenvalue weighted by atomic mass is 9.84. The largest absolute Gasteiger partial charge is 0.311 e. The maximum atomic E-state index is 3.80. The third-order valence-electron chi connectivity index (χ3n) is 5.71. The van der Waals surface area contributed by atoms with Crippen molar-refractivity contribution < 1.29 is 0 Å². The summed E-state index contributed by atoms with van der Waals surface area (Å²) in [4.78, 5) is 5.61. The van der Waals surface area contributed by atoms with Crippen LogP contribution in [-0.4, -0.2) is 60.1 Å². The lowest BCUT2D eigenvalue weighted by Crippen LogP contribution is -2.62. The Hall–Kier alpha value is -0.120. The minimum atomic E-state index is 0.367. The Bertz CT molecular complexity index is 332. The van der Waals surface area contributed by atoms with E-state index in [0.29, 0.717) is 11.5 Å². The summed E-state index contributed by atoms with van der Waals surface area (Å²) in [5, 5.41) is 3.80. The van der Waals surface area contributed by atoms with Crippen molar-refractivity contribution in [2.45, 2.75) is 77.5 Å². The standard InChI is InChI=1S/C17H33N3/c1-5-13-10-18-16(17(2,3)4)12-20(13)15-8-9-19(11-15)14-6-7-14/h13-16,18H,5-12H2,1-4H3. The van der Waals surface area contributed by atoms with E-state index in [1.807, 2.05) is 0 Å². The summed E-state index contributed by atoms with van der Waals surface area (Å²) < 4.78 is 0. The predicted molar refractivity (Wildman–Crippen MR) is 85.0 cm³/mol. The molecule has 0 amide bonds. The third kappa shape index (κ3) is 3.05. The molecular formula is C17H33N3. The molecule has 20 heavy (non-hydrogen) atoms. The Morgan fingerprint density at radius 3 is 2.40 bits per heavy atom. The SMILES string of the molecule is CCC1CNC(C(C)(C)C)CN1C1CCN(C2CC2)C1. The quantitative estimate of drug-likeness (QED) is 0.855. The van der Waals surface area contributed by atoms with Crippen molar-refractivity contribution in [1.82, 2.24) is 15.1 Å². The molecule has 1 aliphatic carbocycles. The number of hydrogen-bond acceptors (Lipinski definition) is 3. The van der Waals surface area contributed by atoms with Crippen LogP contribution in [0.4, 0.5) is 0 Å². The van der Waals surface area contributed by atoms with Crippen LogP contribution in [-0.2, 0) is 0 Å². The van der Waals surface area contributed by atoms with Gasteiger partial charge >= 0.3 is 0 Å². The molecule has 1 N–H and O–H groups in total. The van der Waals surface area contributed by atoms with E-state index in [2.05, 4.69) is 42.8 Å². The topological polar surface area (TPSA) is 18.5 Å². The average Bonchev–Trinajstić information content (AvgIpc) is 3.15. The number of rotatable bonds is 3.